The molecule has 2 N–H and O–H groups in total. The summed E-state index contributed by atoms with van der Waals surface area (Å²) in [6, 6.07) is 9.60. The van der Waals surface area contributed by atoms with Gasteiger partial charge in [-0.15, -0.1) is 0 Å². The van der Waals surface area contributed by atoms with Gasteiger partial charge in [-0.25, -0.2) is 0 Å². The van der Waals surface area contributed by atoms with Crippen molar-refractivity contribution in [3.63, 3.8) is 0 Å². The van der Waals surface area contributed by atoms with Crippen molar-refractivity contribution in [1.29, 1.82) is 5.26 Å². The lowest BCUT2D eigenvalue weighted by atomic mass is 10.2. The highest BCUT2D eigenvalue weighted by molar-refractivity contribution is 5.90. The third kappa shape index (κ3) is 3.89. The third-order valence-electron chi connectivity index (χ3n) is 2.64. The van der Waals surface area contributed by atoms with Crippen LogP contribution in [0.3, 0.4) is 0 Å². The van der Waals surface area contributed by atoms with Gasteiger partial charge in [-0.1, -0.05) is 6.07 Å². The van der Waals surface area contributed by atoms with E-state index in [-0.39, 0.29) is 5.91 Å². The van der Waals surface area contributed by atoms with Crippen molar-refractivity contribution in [3.8, 4) is 6.07 Å². The molecule has 2 rings (SSSR count). The number of carbonyl (C=O) groups excluding carboxylic acids is 1. The van der Waals surface area contributed by atoms with Crippen LogP contribution >= 0.6 is 0 Å². The zero-order valence-corrected chi connectivity index (χ0v) is 9.57. The van der Waals surface area contributed by atoms with Crippen molar-refractivity contribution in [2.24, 2.45) is 0 Å². The maximum absolute atomic E-state index is 11.6. The van der Waals surface area contributed by atoms with Crippen molar-refractivity contribution in [2.75, 3.05) is 11.9 Å². The Kier molecular flexibility index (Phi) is 3.73. The first-order chi connectivity index (χ1) is 8.28. The highest BCUT2D eigenvalue weighted by Crippen LogP contribution is 2.18. The summed E-state index contributed by atoms with van der Waals surface area (Å²) in [6.45, 7) is 0.717. The van der Waals surface area contributed by atoms with Crippen molar-refractivity contribution in [3.05, 3.63) is 29.8 Å². The molecular formula is C13H15N3O. The van der Waals surface area contributed by atoms with Crippen LogP contribution in [0.5, 0.6) is 0 Å². The predicted molar refractivity (Wildman–Crippen MR) is 65.4 cm³/mol. The zero-order valence-electron chi connectivity index (χ0n) is 9.57. The Morgan fingerprint density at radius 2 is 2.29 bits per heavy atom. The second kappa shape index (κ2) is 5.46. The van der Waals surface area contributed by atoms with E-state index in [0.717, 1.165) is 0 Å². The minimum absolute atomic E-state index is 0.0201. The standard InChI is InChI=1S/C13H15N3O/c14-9-10-2-1-3-12(8-10)16-13(17)6-7-15-11-4-5-11/h1-3,8,11,15H,4-7H2,(H,16,17). The van der Waals surface area contributed by atoms with Gasteiger partial charge in [-0.2, -0.15) is 5.26 Å². The minimum atomic E-state index is -0.0201. The molecule has 1 fully saturated rings. The molecule has 88 valence electrons. The van der Waals surface area contributed by atoms with E-state index >= 15 is 0 Å². The van der Waals surface area contributed by atoms with Gasteiger partial charge >= 0.3 is 0 Å². The quantitative estimate of drug-likeness (QED) is 0.806. The van der Waals surface area contributed by atoms with Crippen LogP contribution in [0.4, 0.5) is 5.69 Å². The van der Waals surface area contributed by atoms with Gasteiger partial charge in [0.2, 0.25) is 5.91 Å². The first-order valence-electron chi connectivity index (χ1n) is 5.81. The van der Waals surface area contributed by atoms with Gasteiger partial charge in [-0.3, -0.25) is 4.79 Å². The molecule has 4 heteroatoms. The molecule has 4 nitrogen and oxygen atoms in total. The molecule has 0 unspecified atom stereocenters. The van der Waals surface area contributed by atoms with Crippen LogP contribution in [0.15, 0.2) is 24.3 Å². The second-order valence-electron chi connectivity index (χ2n) is 4.22. The smallest absolute Gasteiger partial charge is 0.225 e. The topological polar surface area (TPSA) is 64.9 Å². The maximum Gasteiger partial charge on any atom is 0.225 e. The molecule has 0 aromatic heterocycles. The number of rotatable bonds is 5. The molecule has 1 saturated carbocycles. The van der Waals surface area contributed by atoms with Crippen LogP contribution in [-0.4, -0.2) is 18.5 Å². The molecule has 1 aliphatic carbocycles. The monoisotopic (exact) mass is 229 g/mol. The minimum Gasteiger partial charge on any atom is -0.326 e. The molecule has 0 heterocycles. The van der Waals surface area contributed by atoms with Crippen LogP contribution in [0.1, 0.15) is 24.8 Å². The summed E-state index contributed by atoms with van der Waals surface area (Å²) in [5.41, 5.74) is 1.24. The normalized spacial score (nSPS) is 14.1. The fourth-order valence-electron chi connectivity index (χ4n) is 1.57. The van der Waals surface area contributed by atoms with Crippen LogP contribution in [0.2, 0.25) is 0 Å². The van der Waals surface area contributed by atoms with Gasteiger partial charge in [0.15, 0.2) is 0 Å². The Balaban J connectivity index is 1.78. The van der Waals surface area contributed by atoms with E-state index in [1.807, 2.05) is 6.07 Å². The number of nitrogens with one attached hydrogen (secondary N) is 2. The number of hydrogen-bond acceptors (Lipinski definition) is 3. The van der Waals surface area contributed by atoms with E-state index in [9.17, 15) is 4.79 Å². The summed E-state index contributed by atoms with van der Waals surface area (Å²) >= 11 is 0. The molecule has 0 saturated heterocycles. The summed E-state index contributed by atoms with van der Waals surface area (Å²) in [5, 5.41) is 14.8. The first-order valence-corrected chi connectivity index (χ1v) is 5.81. The fourth-order valence-corrected chi connectivity index (χ4v) is 1.57. The van der Waals surface area contributed by atoms with Crippen LogP contribution < -0.4 is 10.6 Å². The van der Waals surface area contributed by atoms with Crippen LogP contribution in [-0.2, 0) is 4.79 Å². The average molecular weight is 229 g/mol. The van der Waals surface area contributed by atoms with E-state index in [1.54, 1.807) is 24.3 Å². The van der Waals surface area contributed by atoms with Crippen molar-refractivity contribution in [2.45, 2.75) is 25.3 Å². The van der Waals surface area contributed by atoms with Crippen molar-refractivity contribution < 1.29 is 4.79 Å². The molecule has 1 aliphatic rings. The summed E-state index contributed by atoms with van der Waals surface area (Å²) in [5.74, 6) is -0.0201. The number of amides is 1. The molecule has 1 aromatic rings. The van der Waals surface area contributed by atoms with Crippen molar-refractivity contribution >= 4 is 11.6 Å². The molecule has 1 aromatic carbocycles. The van der Waals surface area contributed by atoms with E-state index < -0.39 is 0 Å². The second-order valence-corrected chi connectivity index (χ2v) is 4.22. The number of benzene rings is 1. The molecule has 1 amide bonds. The summed E-state index contributed by atoms with van der Waals surface area (Å²) < 4.78 is 0. The highest BCUT2D eigenvalue weighted by Gasteiger charge is 2.20. The molecule has 0 aliphatic heterocycles. The average Bonchev–Trinajstić information content (AvgIpc) is 3.13. The summed E-state index contributed by atoms with van der Waals surface area (Å²) in [6.07, 6.45) is 2.92. The zero-order chi connectivity index (χ0) is 12.1. The Bertz CT molecular complexity index is 446. The molecule has 0 spiro atoms. The van der Waals surface area contributed by atoms with Crippen LogP contribution in [0, 0.1) is 11.3 Å². The largest absolute Gasteiger partial charge is 0.326 e. The van der Waals surface area contributed by atoms with Crippen molar-refractivity contribution in [1.82, 2.24) is 5.32 Å². The Morgan fingerprint density at radius 1 is 1.47 bits per heavy atom. The molecule has 17 heavy (non-hydrogen) atoms. The Hall–Kier alpha value is -1.86. The number of nitrogens with zero attached hydrogens (tertiary/aromatic N) is 1. The van der Waals surface area contributed by atoms with E-state index in [2.05, 4.69) is 10.6 Å². The van der Waals surface area contributed by atoms with E-state index in [4.69, 9.17) is 5.26 Å². The van der Waals surface area contributed by atoms with E-state index in [1.165, 1.54) is 12.8 Å². The van der Waals surface area contributed by atoms with Gasteiger partial charge < -0.3 is 10.6 Å². The SMILES string of the molecule is N#Cc1cccc(NC(=O)CCNC2CC2)c1. The Morgan fingerprint density at radius 3 is 3.00 bits per heavy atom. The third-order valence-corrected chi connectivity index (χ3v) is 2.64. The number of carbonyl (C=O) groups is 1. The number of nitriles is 1. The van der Waals surface area contributed by atoms with Gasteiger partial charge in [0, 0.05) is 24.7 Å². The summed E-state index contributed by atoms with van der Waals surface area (Å²) in [7, 11) is 0. The van der Waals surface area contributed by atoms with Gasteiger partial charge in [0.25, 0.3) is 0 Å². The number of hydrogen-bond donors (Lipinski definition) is 2. The molecule has 0 bridgehead atoms. The summed E-state index contributed by atoms with van der Waals surface area (Å²) in [4.78, 5) is 11.6. The van der Waals surface area contributed by atoms with E-state index in [0.29, 0.717) is 30.3 Å². The Labute approximate surface area is 101 Å². The highest BCUT2D eigenvalue weighted by atomic mass is 16.1. The predicted octanol–water partition coefficient (Wildman–Crippen LogP) is 1.64. The molecule has 0 atom stereocenters. The lowest BCUT2D eigenvalue weighted by molar-refractivity contribution is -0.116. The lowest BCUT2D eigenvalue weighted by Crippen LogP contribution is -2.23. The van der Waals surface area contributed by atoms with Gasteiger partial charge in [0.05, 0.1) is 11.6 Å². The molecular weight excluding hydrogens is 214 g/mol. The van der Waals surface area contributed by atoms with Gasteiger partial charge in [0.1, 0.15) is 0 Å². The maximum atomic E-state index is 11.6. The number of anilines is 1. The molecule has 0 radical (unpaired) electrons. The lowest BCUT2D eigenvalue weighted by Gasteiger charge is -2.05. The van der Waals surface area contributed by atoms with Gasteiger partial charge in [-0.05, 0) is 31.0 Å². The van der Waals surface area contributed by atoms with Crippen LogP contribution in [0.25, 0.3) is 0 Å². The fraction of sp³-hybridized carbons (Fsp3) is 0.385. The first kappa shape index (κ1) is 11.6.